The van der Waals surface area contributed by atoms with Gasteiger partial charge in [-0.3, -0.25) is 0 Å². The van der Waals surface area contributed by atoms with E-state index in [1.54, 1.807) is 0 Å². The van der Waals surface area contributed by atoms with Gasteiger partial charge in [-0.2, -0.15) is 0 Å². The summed E-state index contributed by atoms with van der Waals surface area (Å²) < 4.78 is 30.1. The molecule has 1 aliphatic rings. The van der Waals surface area contributed by atoms with Gasteiger partial charge < -0.3 is 4.90 Å². The fourth-order valence-corrected chi connectivity index (χ4v) is 6.34. The summed E-state index contributed by atoms with van der Waals surface area (Å²) in [5, 5.41) is 0. The van der Waals surface area contributed by atoms with Gasteiger partial charge in [-0.25, -0.2) is 13.0 Å². The number of hydrogen-bond acceptors (Lipinski definition) is 3. The predicted octanol–water partition coefficient (Wildman–Crippen LogP) is 6.98. The molecular weight excluding hydrogens is 464 g/mol. The zero-order valence-corrected chi connectivity index (χ0v) is 23.5. The third kappa shape index (κ3) is 4.99. The van der Waals surface area contributed by atoms with Gasteiger partial charge in [-0.15, -0.1) is 0 Å². The van der Waals surface area contributed by atoms with Crippen molar-refractivity contribution in [3.8, 4) is 0 Å². The molecule has 0 bridgehead atoms. The molecule has 4 rings (SSSR count). The van der Waals surface area contributed by atoms with Crippen LogP contribution in [0.2, 0.25) is 0 Å². The largest absolute Gasteiger partial charge is 0.339 e. The maximum Gasteiger partial charge on any atom is 0.210 e. The molecule has 0 atom stereocenters. The maximum atomic E-state index is 13.9. The van der Waals surface area contributed by atoms with Crippen molar-refractivity contribution in [1.29, 1.82) is 0 Å². The minimum atomic E-state index is -3.65. The molecule has 0 radical (unpaired) electrons. The first-order valence-corrected chi connectivity index (χ1v) is 14.1. The molecule has 36 heavy (non-hydrogen) atoms. The average molecular weight is 504 g/mol. The van der Waals surface area contributed by atoms with E-state index in [2.05, 4.69) is 94.2 Å². The van der Waals surface area contributed by atoms with Crippen LogP contribution in [0.25, 0.3) is 5.57 Å². The lowest BCUT2D eigenvalue weighted by molar-refractivity contribution is -0.697. The molecule has 0 spiro atoms. The molecule has 3 aromatic rings. The number of sulfone groups is 1. The fraction of sp³-hybridized carbons (Fsp3) is 0.387. The highest BCUT2D eigenvalue weighted by atomic mass is 32.2. The number of allylic oxidation sites excluding steroid dienone is 1. The lowest BCUT2D eigenvalue weighted by Gasteiger charge is -2.35. The second kappa shape index (κ2) is 9.19. The Balaban J connectivity index is 1.74. The smallest absolute Gasteiger partial charge is 0.210 e. The van der Waals surface area contributed by atoms with Crippen molar-refractivity contribution in [1.82, 2.24) is 0 Å². The average Bonchev–Trinajstić information content (AvgIpc) is 2.80. The van der Waals surface area contributed by atoms with E-state index < -0.39 is 9.84 Å². The SMILES string of the molecule is C=C(C)c1cc[n+](CCCN2c3ccc(C(C)(C)C)cc3S(=O)(=O)c3cc(C(C)(C)C)ccc32)cc1. The maximum absolute atomic E-state index is 13.9. The first-order valence-electron chi connectivity index (χ1n) is 12.7. The monoisotopic (exact) mass is 503 g/mol. The highest BCUT2D eigenvalue weighted by Gasteiger charge is 2.36. The molecular formula is C31H39N2O2S+. The number of anilines is 2. The summed E-state index contributed by atoms with van der Waals surface area (Å²) in [7, 11) is -3.65. The molecule has 1 aromatic heterocycles. The molecule has 0 saturated heterocycles. The van der Waals surface area contributed by atoms with Gasteiger partial charge >= 0.3 is 0 Å². The van der Waals surface area contributed by atoms with Crippen molar-refractivity contribution >= 4 is 26.8 Å². The van der Waals surface area contributed by atoms with Crippen molar-refractivity contribution in [2.24, 2.45) is 0 Å². The fourth-order valence-electron chi connectivity index (χ4n) is 4.63. The number of fused-ring (bicyclic) bond motifs is 2. The van der Waals surface area contributed by atoms with Crippen LogP contribution in [0.5, 0.6) is 0 Å². The van der Waals surface area contributed by atoms with Crippen LogP contribution in [0.15, 0.2) is 77.3 Å². The van der Waals surface area contributed by atoms with Gasteiger partial charge in [0, 0.05) is 25.1 Å². The van der Waals surface area contributed by atoms with Crippen LogP contribution in [-0.2, 0) is 27.2 Å². The molecule has 0 saturated carbocycles. The van der Waals surface area contributed by atoms with Gasteiger partial charge in [-0.1, -0.05) is 65.8 Å². The lowest BCUT2D eigenvalue weighted by atomic mass is 9.86. The number of aromatic nitrogens is 1. The van der Waals surface area contributed by atoms with Crippen molar-refractivity contribution in [3.63, 3.8) is 0 Å². The Hall–Kier alpha value is -2.92. The number of aryl methyl sites for hydroxylation is 1. The zero-order chi connectivity index (χ0) is 26.5. The first kappa shape index (κ1) is 26.2. The third-order valence-corrected chi connectivity index (χ3v) is 8.81. The van der Waals surface area contributed by atoms with Crippen molar-refractivity contribution in [2.75, 3.05) is 11.4 Å². The minimum Gasteiger partial charge on any atom is -0.339 e. The second-order valence-electron chi connectivity index (χ2n) is 12.0. The molecule has 0 N–H and O–H groups in total. The van der Waals surface area contributed by atoms with Crippen LogP contribution < -0.4 is 9.47 Å². The molecule has 1 aliphatic heterocycles. The second-order valence-corrected chi connectivity index (χ2v) is 13.9. The molecule has 0 aliphatic carbocycles. The standard InChI is InChI=1S/C31H39N2O2S/c1-22(2)23-14-18-32(19-15-23)16-9-17-33-26-12-10-24(30(3,4)5)20-28(26)36(34,35)29-21-25(31(6,7)8)11-13-27(29)33/h10-15,18-21H,1,9,16-17H2,2-8H3/q+1. The topological polar surface area (TPSA) is 41.3 Å². The molecule has 5 heteroatoms. The van der Waals surface area contributed by atoms with E-state index in [4.69, 9.17) is 0 Å². The van der Waals surface area contributed by atoms with Gasteiger partial charge in [0.05, 0.1) is 21.2 Å². The summed E-state index contributed by atoms with van der Waals surface area (Å²) in [6, 6.07) is 16.1. The van der Waals surface area contributed by atoms with Crippen LogP contribution >= 0.6 is 0 Å². The Morgan fingerprint density at radius 2 is 1.31 bits per heavy atom. The quantitative estimate of drug-likeness (QED) is 0.353. The molecule has 0 amide bonds. The highest BCUT2D eigenvalue weighted by Crippen LogP contribution is 2.46. The Kier molecular flexibility index (Phi) is 6.67. The number of benzene rings is 2. The highest BCUT2D eigenvalue weighted by molar-refractivity contribution is 7.92. The summed E-state index contributed by atoms with van der Waals surface area (Å²) in [6.45, 7) is 20.3. The Labute approximate surface area is 217 Å². The summed E-state index contributed by atoms with van der Waals surface area (Å²) in [5.74, 6) is 0. The van der Waals surface area contributed by atoms with E-state index in [0.717, 1.165) is 46.6 Å². The van der Waals surface area contributed by atoms with Gasteiger partial charge in [-0.05, 0) is 58.7 Å². The van der Waals surface area contributed by atoms with Crippen molar-refractivity contribution in [2.45, 2.75) is 82.1 Å². The normalized spacial score (nSPS) is 14.8. The van der Waals surface area contributed by atoms with Crippen LogP contribution in [0.3, 0.4) is 0 Å². The molecule has 0 fully saturated rings. The van der Waals surface area contributed by atoms with Crippen LogP contribution in [0, 0.1) is 0 Å². The molecule has 2 heterocycles. The predicted molar refractivity (Wildman–Crippen MR) is 149 cm³/mol. The van der Waals surface area contributed by atoms with Gasteiger partial charge in [0.1, 0.15) is 6.54 Å². The van der Waals surface area contributed by atoms with E-state index in [9.17, 15) is 8.42 Å². The number of pyridine rings is 1. The van der Waals surface area contributed by atoms with E-state index in [1.165, 1.54) is 0 Å². The molecule has 2 aromatic carbocycles. The molecule has 190 valence electrons. The van der Waals surface area contributed by atoms with Crippen LogP contribution in [0.4, 0.5) is 11.4 Å². The Morgan fingerprint density at radius 3 is 1.72 bits per heavy atom. The Morgan fingerprint density at radius 1 is 0.833 bits per heavy atom. The lowest BCUT2D eigenvalue weighted by Crippen LogP contribution is -2.35. The van der Waals surface area contributed by atoms with E-state index >= 15 is 0 Å². The van der Waals surface area contributed by atoms with Crippen molar-refractivity contribution in [3.05, 3.63) is 84.2 Å². The summed E-state index contributed by atoms with van der Waals surface area (Å²) in [6.07, 6.45) is 5.04. The van der Waals surface area contributed by atoms with Crippen LogP contribution in [0.1, 0.15) is 71.6 Å². The Bertz CT molecular complexity index is 1330. The summed E-state index contributed by atoms with van der Waals surface area (Å²) >= 11 is 0. The molecule has 4 nitrogen and oxygen atoms in total. The van der Waals surface area contributed by atoms with E-state index in [-0.39, 0.29) is 10.8 Å². The number of hydrogen-bond donors (Lipinski definition) is 0. The zero-order valence-electron chi connectivity index (χ0n) is 22.7. The number of nitrogens with zero attached hydrogens (tertiary/aromatic N) is 2. The first-order chi connectivity index (χ1) is 16.7. The molecule has 0 unspecified atom stereocenters. The van der Waals surface area contributed by atoms with E-state index in [0.29, 0.717) is 16.3 Å². The van der Waals surface area contributed by atoms with Crippen molar-refractivity contribution < 1.29 is 13.0 Å². The summed E-state index contributed by atoms with van der Waals surface area (Å²) in [4.78, 5) is 3.01. The van der Waals surface area contributed by atoms with Crippen LogP contribution in [-0.4, -0.2) is 15.0 Å². The third-order valence-electron chi connectivity index (χ3n) is 6.99. The van der Waals surface area contributed by atoms with E-state index in [1.807, 2.05) is 31.2 Å². The van der Waals surface area contributed by atoms with Gasteiger partial charge in [0.2, 0.25) is 9.84 Å². The number of rotatable bonds is 5. The summed E-state index contributed by atoms with van der Waals surface area (Å²) in [5.41, 5.74) is 5.48. The van der Waals surface area contributed by atoms with Gasteiger partial charge in [0.15, 0.2) is 12.4 Å². The van der Waals surface area contributed by atoms with Gasteiger partial charge in [0.25, 0.3) is 0 Å². The minimum absolute atomic E-state index is 0.143.